The van der Waals surface area contributed by atoms with Gasteiger partial charge in [0.2, 0.25) is 0 Å². The van der Waals surface area contributed by atoms with E-state index in [9.17, 15) is 9.59 Å². The van der Waals surface area contributed by atoms with Crippen molar-refractivity contribution in [3.63, 3.8) is 0 Å². The van der Waals surface area contributed by atoms with Crippen molar-refractivity contribution < 1.29 is 19.1 Å². The Morgan fingerprint density at radius 1 is 1.38 bits per heavy atom. The van der Waals surface area contributed by atoms with Gasteiger partial charge in [-0.2, -0.15) is 0 Å². The molecule has 5 nitrogen and oxygen atoms in total. The number of nitrogens with one attached hydrogen (secondary N) is 1. The molecule has 2 rings (SSSR count). The molecule has 0 atom stereocenters. The molecule has 1 aromatic carbocycles. The third-order valence-corrected chi connectivity index (χ3v) is 2.55. The van der Waals surface area contributed by atoms with Gasteiger partial charge in [-0.1, -0.05) is 0 Å². The second kappa shape index (κ2) is 3.84. The molecule has 0 unspecified atom stereocenters. The number of ether oxygens (including phenoxy) is 2. The maximum absolute atomic E-state index is 11.6. The lowest BCUT2D eigenvalue weighted by Crippen LogP contribution is -2.12. The fraction of sp³-hybridized carbons (Fsp3) is 0.273. The van der Waals surface area contributed by atoms with Crippen LogP contribution in [0.2, 0.25) is 0 Å². The first kappa shape index (κ1) is 10.5. The van der Waals surface area contributed by atoms with E-state index in [1.54, 1.807) is 12.1 Å². The zero-order chi connectivity index (χ0) is 11.7. The zero-order valence-corrected chi connectivity index (χ0v) is 8.99. The number of amides is 1. The highest BCUT2D eigenvalue weighted by atomic mass is 16.5. The van der Waals surface area contributed by atoms with Crippen molar-refractivity contribution in [1.82, 2.24) is 5.32 Å². The Kier molecular flexibility index (Phi) is 2.52. The van der Waals surface area contributed by atoms with Crippen LogP contribution in [0.1, 0.15) is 26.3 Å². The maximum Gasteiger partial charge on any atom is 0.342 e. The molecule has 0 spiro atoms. The largest absolute Gasteiger partial charge is 0.496 e. The van der Waals surface area contributed by atoms with Crippen LogP contribution in [-0.2, 0) is 11.3 Å². The minimum absolute atomic E-state index is 0.178. The van der Waals surface area contributed by atoms with Gasteiger partial charge in [-0.15, -0.1) is 0 Å². The van der Waals surface area contributed by atoms with E-state index in [2.05, 4.69) is 10.1 Å². The van der Waals surface area contributed by atoms with E-state index < -0.39 is 5.97 Å². The van der Waals surface area contributed by atoms with Crippen LogP contribution in [0.5, 0.6) is 5.75 Å². The number of fused-ring (bicyclic) bond motifs is 1. The van der Waals surface area contributed by atoms with Crippen LogP contribution in [0.25, 0.3) is 0 Å². The highest BCUT2D eigenvalue weighted by Crippen LogP contribution is 2.29. The number of methoxy groups -OCH3 is 2. The van der Waals surface area contributed by atoms with E-state index in [0.29, 0.717) is 29.0 Å². The molecule has 1 amide bonds. The van der Waals surface area contributed by atoms with Crippen LogP contribution in [0.4, 0.5) is 0 Å². The highest BCUT2D eigenvalue weighted by molar-refractivity contribution is 6.04. The van der Waals surface area contributed by atoms with Gasteiger partial charge in [0.25, 0.3) is 5.91 Å². The summed E-state index contributed by atoms with van der Waals surface area (Å²) in [6.45, 7) is 0.329. The molecule has 0 radical (unpaired) electrons. The van der Waals surface area contributed by atoms with Crippen molar-refractivity contribution in [2.45, 2.75) is 6.54 Å². The van der Waals surface area contributed by atoms with Crippen LogP contribution in [0.3, 0.4) is 0 Å². The van der Waals surface area contributed by atoms with Crippen LogP contribution in [0.15, 0.2) is 12.1 Å². The SMILES string of the molecule is COC(=O)c1c(OC)ccc2c1CNC2=O. The second-order valence-corrected chi connectivity index (χ2v) is 3.34. The van der Waals surface area contributed by atoms with E-state index in [-0.39, 0.29) is 5.91 Å². The van der Waals surface area contributed by atoms with E-state index in [1.807, 2.05) is 0 Å². The molecule has 5 heteroatoms. The molecule has 1 aliphatic rings. The van der Waals surface area contributed by atoms with Gasteiger partial charge in [-0.3, -0.25) is 4.79 Å². The van der Waals surface area contributed by atoms with Crippen LogP contribution in [0, 0.1) is 0 Å². The molecule has 0 saturated heterocycles. The average molecular weight is 221 g/mol. The maximum atomic E-state index is 11.6. The molecule has 0 bridgehead atoms. The lowest BCUT2D eigenvalue weighted by atomic mass is 10.0. The van der Waals surface area contributed by atoms with Crippen LogP contribution < -0.4 is 10.1 Å². The Morgan fingerprint density at radius 3 is 2.75 bits per heavy atom. The predicted molar refractivity (Wildman–Crippen MR) is 55.5 cm³/mol. The van der Waals surface area contributed by atoms with Gasteiger partial charge < -0.3 is 14.8 Å². The van der Waals surface area contributed by atoms with Gasteiger partial charge in [0.15, 0.2) is 0 Å². The lowest BCUT2D eigenvalue weighted by Gasteiger charge is -2.10. The Bertz CT molecular complexity index is 467. The fourth-order valence-corrected chi connectivity index (χ4v) is 1.78. The van der Waals surface area contributed by atoms with Crippen LogP contribution in [-0.4, -0.2) is 26.1 Å². The van der Waals surface area contributed by atoms with E-state index >= 15 is 0 Å². The molecule has 1 aliphatic heterocycles. The first-order valence-corrected chi connectivity index (χ1v) is 4.75. The quantitative estimate of drug-likeness (QED) is 0.747. The Morgan fingerprint density at radius 2 is 2.12 bits per heavy atom. The summed E-state index contributed by atoms with van der Waals surface area (Å²) in [5, 5.41) is 2.65. The normalized spacial score (nSPS) is 13.0. The number of carbonyl (C=O) groups is 2. The van der Waals surface area contributed by atoms with Crippen LogP contribution >= 0.6 is 0 Å². The van der Waals surface area contributed by atoms with Gasteiger partial charge in [0, 0.05) is 17.7 Å². The molecule has 1 heterocycles. The molecule has 0 aliphatic carbocycles. The summed E-state index contributed by atoms with van der Waals surface area (Å²) in [6, 6.07) is 3.24. The molecular weight excluding hydrogens is 210 g/mol. The molecule has 1 N–H and O–H groups in total. The standard InChI is InChI=1S/C11H11NO4/c1-15-8-4-3-6-7(5-12-10(6)13)9(8)11(14)16-2/h3-4H,5H2,1-2H3,(H,12,13). The summed E-state index contributed by atoms with van der Waals surface area (Å²) < 4.78 is 9.77. The minimum Gasteiger partial charge on any atom is -0.496 e. The summed E-state index contributed by atoms with van der Waals surface area (Å²) in [7, 11) is 2.77. The van der Waals surface area contributed by atoms with Crippen molar-refractivity contribution in [3.8, 4) is 5.75 Å². The van der Waals surface area contributed by atoms with Gasteiger partial charge in [-0.05, 0) is 12.1 Å². The Labute approximate surface area is 92.4 Å². The molecule has 0 fully saturated rings. The van der Waals surface area contributed by atoms with Gasteiger partial charge in [-0.25, -0.2) is 4.79 Å². The first-order valence-electron chi connectivity index (χ1n) is 4.75. The van der Waals surface area contributed by atoms with Crippen molar-refractivity contribution in [3.05, 3.63) is 28.8 Å². The van der Waals surface area contributed by atoms with E-state index in [1.165, 1.54) is 14.2 Å². The molecule has 0 saturated carbocycles. The van der Waals surface area contributed by atoms with Crippen molar-refractivity contribution in [1.29, 1.82) is 0 Å². The predicted octanol–water partition coefficient (Wildman–Crippen LogP) is 0.725. The summed E-state index contributed by atoms with van der Waals surface area (Å²) in [5.74, 6) is -0.255. The lowest BCUT2D eigenvalue weighted by molar-refractivity contribution is 0.0595. The number of carbonyl (C=O) groups excluding carboxylic acids is 2. The zero-order valence-electron chi connectivity index (χ0n) is 8.99. The number of hydrogen-bond donors (Lipinski definition) is 1. The fourth-order valence-electron chi connectivity index (χ4n) is 1.78. The molecule has 0 aromatic heterocycles. The topological polar surface area (TPSA) is 64.6 Å². The van der Waals surface area contributed by atoms with Crippen molar-refractivity contribution >= 4 is 11.9 Å². The average Bonchev–Trinajstić information content (AvgIpc) is 2.69. The molecule has 1 aromatic rings. The third-order valence-electron chi connectivity index (χ3n) is 2.55. The van der Waals surface area contributed by atoms with E-state index in [0.717, 1.165) is 0 Å². The number of benzene rings is 1. The number of esters is 1. The van der Waals surface area contributed by atoms with Gasteiger partial charge in [0.05, 0.1) is 14.2 Å². The monoisotopic (exact) mass is 221 g/mol. The van der Waals surface area contributed by atoms with Gasteiger partial charge >= 0.3 is 5.97 Å². The smallest absolute Gasteiger partial charge is 0.342 e. The summed E-state index contributed by atoms with van der Waals surface area (Å²) in [4.78, 5) is 23.0. The Hall–Kier alpha value is -2.04. The molecule has 16 heavy (non-hydrogen) atoms. The second-order valence-electron chi connectivity index (χ2n) is 3.34. The molecular formula is C11H11NO4. The third kappa shape index (κ3) is 1.41. The van der Waals surface area contributed by atoms with Crippen molar-refractivity contribution in [2.75, 3.05) is 14.2 Å². The first-order chi connectivity index (χ1) is 7.69. The minimum atomic E-state index is -0.495. The summed E-state index contributed by atoms with van der Waals surface area (Å²) in [5.41, 5.74) is 1.46. The van der Waals surface area contributed by atoms with Gasteiger partial charge in [0.1, 0.15) is 11.3 Å². The number of rotatable bonds is 2. The number of hydrogen-bond acceptors (Lipinski definition) is 4. The summed E-state index contributed by atoms with van der Waals surface area (Å²) in [6.07, 6.45) is 0. The highest BCUT2D eigenvalue weighted by Gasteiger charge is 2.28. The Balaban J connectivity index is 2.63. The molecule has 84 valence electrons. The summed E-state index contributed by atoms with van der Waals surface area (Å²) >= 11 is 0. The van der Waals surface area contributed by atoms with E-state index in [4.69, 9.17) is 4.74 Å². The van der Waals surface area contributed by atoms with Crippen molar-refractivity contribution in [2.24, 2.45) is 0 Å².